The van der Waals surface area contributed by atoms with Crippen LogP contribution in [0.2, 0.25) is 0 Å². The lowest BCUT2D eigenvalue weighted by molar-refractivity contribution is -0.143. The van der Waals surface area contributed by atoms with Crippen LogP contribution < -0.4 is 97.8 Å². The summed E-state index contributed by atoms with van der Waals surface area (Å²) >= 11 is 3.79. The van der Waals surface area contributed by atoms with E-state index in [0.29, 0.717) is 6.42 Å². The monoisotopic (exact) mass is 1550 g/mol. The van der Waals surface area contributed by atoms with Crippen LogP contribution in [0.15, 0.2) is 0 Å². The zero-order valence-electron chi connectivity index (χ0n) is 59.7. The van der Waals surface area contributed by atoms with Crippen LogP contribution >= 0.6 is 12.6 Å². The van der Waals surface area contributed by atoms with Gasteiger partial charge in [-0.1, -0.05) is 27.7 Å². The molecular formula is C61H100N18O27S. The largest absolute Gasteiger partial charge is 0.481 e. The number of hydrogen-bond donors (Lipinski definition) is 25. The quantitative estimate of drug-likeness (QED) is 0.0199. The highest BCUT2D eigenvalue weighted by atomic mass is 32.1. The number of nitrogens with two attached hydrogens (primary N) is 5. The summed E-state index contributed by atoms with van der Waals surface area (Å²) in [6.07, 6.45) is -10.5. The van der Waals surface area contributed by atoms with Crippen molar-refractivity contribution in [3.63, 3.8) is 0 Å². The number of thiol groups is 1. The zero-order valence-corrected chi connectivity index (χ0v) is 60.6. The van der Waals surface area contributed by atoms with Crippen LogP contribution in [0.1, 0.15) is 138 Å². The molecule has 45 nitrogen and oxygen atoms in total. The van der Waals surface area contributed by atoms with Gasteiger partial charge in [0.1, 0.15) is 78.5 Å². The van der Waals surface area contributed by atoms with Crippen molar-refractivity contribution >= 4 is 137 Å². The van der Waals surface area contributed by atoms with Gasteiger partial charge in [0.25, 0.3) is 0 Å². The minimum atomic E-state index is -2.22. The summed E-state index contributed by atoms with van der Waals surface area (Å²) < 4.78 is 0. The molecule has 15 atom stereocenters. The van der Waals surface area contributed by atoms with Crippen LogP contribution in [0.3, 0.4) is 0 Å². The molecule has 0 aromatic heterocycles. The van der Waals surface area contributed by atoms with Crippen molar-refractivity contribution in [2.75, 3.05) is 12.3 Å². The second-order valence-corrected chi connectivity index (χ2v) is 25.8. The van der Waals surface area contributed by atoms with Gasteiger partial charge >= 0.3 is 29.8 Å². The van der Waals surface area contributed by atoms with Crippen molar-refractivity contribution in [1.29, 1.82) is 0 Å². The van der Waals surface area contributed by atoms with E-state index in [1.165, 1.54) is 20.8 Å². The topological polar surface area (TPSA) is 766 Å². The van der Waals surface area contributed by atoms with Crippen molar-refractivity contribution in [3.05, 3.63) is 0 Å². The molecule has 0 heterocycles. The highest BCUT2D eigenvalue weighted by molar-refractivity contribution is 7.80. The lowest BCUT2D eigenvalue weighted by Gasteiger charge is -2.29. The molecule has 46 heteroatoms. The van der Waals surface area contributed by atoms with E-state index in [0.717, 1.165) is 13.8 Å². The molecule has 29 N–H and O–H groups in total. The molecule has 16 amide bonds. The number of aliphatic hydroxyl groups is 1. The van der Waals surface area contributed by atoms with Gasteiger partial charge < -0.3 is 128 Å². The number of unbranched alkanes of at least 4 members (excludes halogenated alkanes) is 1. The molecule has 107 heavy (non-hydrogen) atoms. The van der Waals surface area contributed by atoms with Gasteiger partial charge in [0, 0.05) is 25.0 Å². The number of hydrogen-bond acceptors (Lipinski definition) is 25. The Hall–Kier alpha value is -10.9. The number of carbonyl (C=O) groups excluding carboxylic acids is 16. The van der Waals surface area contributed by atoms with E-state index in [4.69, 9.17) is 28.7 Å². The van der Waals surface area contributed by atoms with Gasteiger partial charge in [0.2, 0.25) is 94.5 Å². The maximum atomic E-state index is 14.1. The van der Waals surface area contributed by atoms with Crippen molar-refractivity contribution in [2.45, 2.75) is 229 Å². The number of carboxylic acids is 5. The Morgan fingerprint density at radius 1 is 0.336 bits per heavy atom. The molecule has 0 aromatic carbocycles. The predicted molar refractivity (Wildman–Crippen MR) is 369 cm³/mol. The molecule has 0 aliphatic rings. The van der Waals surface area contributed by atoms with Gasteiger partial charge in [0.05, 0.1) is 37.8 Å². The summed E-state index contributed by atoms with van der Waals surface area (Å²) in [6, 6.07) is -25.5. The van der Waals surface area contributed by atoms with Crippen LogP contribution in [0.25, 0.3) is 0 Å². The third-order valence-corrected chi connectivity index (χ3v) is 15.6. The number of carboxylic acid groups (broad SMARTS) is 5. The molecule has 0 saturated heterocycles. The summed E-state index contributed by atoms with van der Waals surface area (Å²) in [5.74, 6) is -29.8. The van der Waals surface area contributed by atoms with Crippen LogP contribution in [0.5, 0.6) is 0 Å². The molecule has 0 rings (SSSR count). The van der Waals surface area contributed by atoms with Crippen molar-refractivity contribution in [2.24, 2.45) is 40.5 Å². The van der Waals surface area contributed by atoms with E-state index >= 15 is 0 Å². The van der Waals surface area contributed by atoms with E-state index in [1.54, 1.807) is 0 Å². The minimum Gasteiger partial charge on any atom is -0.481 e. The number of aliphatic carboxylic acids is 5. The Morgan fingerprint density at radius 3 is 0.981 bits per heavy atom. The lowest BCUT2D eigenvalue weighted by atomic mass is 10.0. The Kier molecular flexibility index (Phi) is 43.3. The Balaban J connectivity index is 6.92. The predicted octanol–water partition coefficient (Wildman–Crippen LogP) is -10.4. The second-order valence-electron chi connectivity index (χ2n) is 25.4. The smallest absolute Gasteiger partial charge is 0.327 e. The average molecular weight is 1550 g/mol. The van der Waals surface area contributed by atoms with Crippen LogP contribution in [-0.4, -0.2) is 258 Å². The van der Waals surface area contributed by atoms with Gasteiger partial charge in [-0.3, -0.25) is 95.9 Å². The minimum absolute atomic E-state index is 0.0211. The fraction of sp³-hybridized carbons (Fsp3) is 0.656. The molecule has 0 saturated carbocycles. The van der Waals surface area contributed by atoms with Crippen molar-refractivity contribution < 1.29 is 131 Å². The van der Waals surface area contributed by atoms with Crippen molar-refractivity contribution in [1.82, 2.24) is 69.1 Å². The SMILES string of the molecule is CC(C)C[C@H](N)C(=O)N[C@@H](C)C(=O)N[C@@H](CCCCN)C(=O)N[C@@H](CCC(=O)O)C(=O)N[C@@H](CC(N)=O)C(=O)N[C@H](C(=O)N[C@H](C(=O)N[C@@H](CCC(N)=O)C(=O)N[C@@H](CC(=O)O)C(=O)N[C@@H](C)C(=O)N[C@@H](CCC(=O)O)C(=O)N[C@@H](CC(=O)O)C(=O)N[C@@H](CC(N)=O)C(=O)N[C@@H](CS)C(=O)O)[C@@H](C)O)C(C)C. The first kappa shape index (κ1) is 96.1. The molecule has 0 radical (unpaired) electrons. The molecular weight excluding hydrogens is 1450 g/mol. The summed E-state index contributed by atoms with van der Waals surface area (Å²) in [4.78, 5) is 273. The lowest BCUT2D eigenvalue weighted by Crippen LogP contribution is -2.63. The van der Waals surface area contributed by atoms with Gasteiger partial charge in [-0.05, 0) is 84.1 Å². The number of carbonyl (C=O) groups is 21. The molecule has 0 aromatic rings. The van der Waals surface area contributed by atoms with Crippen LogP contribution in [0, 0.1) is 11.8 Å². The van der Waals surface area contributed by atoms with E-state index in [2.05, 4.69) is 55.2 Å². The molecule has 0 spiro atoms. The summed E-state index contributed by atoms with van der Waals surface area (Å²) in [6.45, 7) is 9.67. The number of primary amides is 3. The number of rotatable bonds is 53. The van der Waals surface area contributed by atoms with Gasteiger partial charge in [-0.25, -0.2) is 4.79 Å². The maximum absolute atomic E-state index is 14.1. The summed E-state index contributed by atoms with van der Waals surface area (Å²) in [5, 5.41) is 86.5. The maximum Gasteiger partial charge on any atom is 0.327 e. The molecule has 0 bridgehead atoms. The Morgan fingerprint density at radius 2 is 0.645 bits per heavy atom. The second kappa shape index (κ2) is 48.3. The van der Waals surface area contributed by atoms with Gasteiger partial charge in [-0.15, -0.1) is 0 Å². The van der Waals surface area contributed by atoms with E-state index < -0.39 is 291 Å². The average Bonchev–Trinajstić information content (AvgIpc) is 0.852. The standard InChI is InChI=1S/C61H100N18O27S/c1-24(2)18-29(63)50(94)67-26(5)48(92)69-30(10-8-9-17-62)51(95)71-33(13-16-43(86)87)54(98)73-35(20-41(66)83)58(102)78-46(25(3)4)59(103)79-47(28(7)80)60(104)72-31(11-14-39(64)81)52(96)75-36(21-44(88)89)55(99)68-27(6)49(93)70-32(12-15-42(84)85)53(97)76-37(22-45(90)91)57(101)74-34(19-40(65)82)56(100)77-38(23-107)61(105)106/h24-38,46-47,80,107H,8-23,62-63H2,1-7H3,(H2,64,81)(H2,65,82)(H2,66,83)(H,67,94)(H,68,99)(H,69,92)(H,70,93)(H,71,95)(H,72,104)(H,73,98)(H,74,101)(H,75,96)(H,76,97)(H,77,100)(H,78,102)(H,79,103)(H,84,85)(H,86,87)(H,88,89)(H,90,91)(H,105,106)/t26-,27-,28+,29-,30-,31-,32-,33-,34-,35-,36-,37-,38-,46-,47-/m0/s1. The fourth-order valence-corrected chi connectivity index (χ4v) is 9.72. The highest BCUT2D eigenvalue weighted by Crippen LogP contribution is 2.12. The molecule has 0 aliphatic heterocycles. The van der Waals surface area contributed by atoms with E-state index in [-0.39, 0.29) is 31.7 Å². The molecule has 0 aliphatic carbocycles. The third kappa shape index (κ3) is 38.1. The summed E-state index contributed by atoms with van der Waals surface area (Å²) in [7, 11) is 0. The van der Waals surface area contributed by atoms with E-state index in [9.17, 15) is 131 Å². The molecule has 0 fully saturated rings. The van der Waals surface area contributed by atoms with Crippen LogP contribution in [0.4, 0.5) is 0 Å². The first-order valence-electron chi connectivity index (χ1n) is 33.3. The Bertz CT molecular complexity index is 3230. The number of amides is 16. The summed E-state index contributed by atoms with van der Waals surface area (Å²) in [5.41, 5.74) is 27.5. The first-order valence-corrected chi connectivity index (χ1v) is 33.9. The number of nitrogens with one attached hydrogen (secondary N) is 13. The normalized spacial score (nSPS) is 15.2. The van der Waals surface area contributed by atoms with Crippen LogP contribution in [-0.2, 0) is 101 Å². The third-order valence-electron chi connectivity index (χ3n) is 15.2. The first-order chi connectivity index (χ1) is 49.6. The van der Waals surface area contributed by atoms with E-state index in [1.807, 2.05) is 40.4 Å². The Labute approximate surface area is 617 Å². The molecule has 0 unspecified atom stereocenters. The van der Waals surface area contributed by atoms with Crippen molar-refractivity contribution in [3.8, 4) is 0 Å². The fourth-order valence-electron chi connectivity index (χ4n) is 9.47. The van der Waals surface area contributed by atoms with Gasteiger partial charge in [0.15, 0.2) is 0 Å². The molecule has 602 valence electrons. The zero-order chi connectivity index (χ0) is 82.4. The number of aliphatic hydroxyl groups excluding tert-OH is 1. The highest BCUT2D eigenvalue weighted by Gasteiger charge is 2.40. The van der Waals surface area contributed by atoms with Gasteiger partial charge in [-0.2, -0.15) is 12.6 Å².